The molecule has 0 fully saturated rings. The van der Waals surface area contributed by atoms with Crippen molar-refractivity contribution in [1.82, 2.24) is 10.3 Å². The summed E-state index contributed by atoms with van der Waals surface area (Å²) < 4.78 is 71.7. The van der Waals surface area contributed by atoms with Crippen LogP contribution < -0.4 is 14.8 Å². The summed E-state index contributed by atoms with van der Waals surface area (Å²) in [6.07, 6.45) is 9.92. The molecule has 1 N–H and O–H groups in total. The molecule has 8 nitrogen and oxygen atoms in total. The molecule has 2 aromatic rings. The summed E-state index contributed by atoms with van der Waals surface area (Å²) in [6.45, 7) is 4.78. The number of rotatable bonds is 24. The van der Waals surface area contributed by atoms with E-state index in [0.29, 0.717) is 24.3 Å². The van der Waals surface area contributed by atoms with Gasteiger partial charge in [0.05, 0.1) is 24.9 Å². The minimum Gasteiger partial charge on any atom is -0.487 e. The molecule has 0 aliphatic rings. The number of halogens is 3. The van der Waals surface area contributed by atoms with Gasteiger partial charge in [0.1, 0.15) is 18.1 Å². The molecule has 1 amide bonds. The van der Waals surface area contributed by atoms with Crippen molar-refractivity contribution in [3.63, 3.8) is 0 Å². The highest BCUT2D eigenvalue weighted by molar-refractivity contribution is 7.57. The van der Waals surface area contributed by atoms with Crippen LogP contribution in [0.3, 0.4) is 0 Å². The van der Waals surface area contributed by atoms with Gasteiger partial charge in [-0.2, -0.15) is 13.2 Å². The number of hydrogen-bond acceptors (Lipinski definition) is 7. The summed E-state index contributed by atoms with van der Waals surface area (Å²) in [7, 11) is -3.45. The van der Waals surface area contributed by atoms with E-state index in [-0.39, 0.29) is 31.5 Å². The van der Waals surface area contributed by atoms with Crippen LogP contribution in [0, 0.1) is 0 Å². The second kappa shape index (κ2) is 21.8. The summed E-state index contributed by atoms with van der Waals surface area (Å²) in [6, 6.07) is 9.53. The zero-order chi connectivity index (χ0) is 33.7. The van der Waals surface area contributed by atoms with Crippen molar-refractivity contribution >= 4 is 13.5 Å². The third-order valence-electron chi connectivity index (χ3n) is 6.93. The predicted octanol–water partition coefficient (Wildman–Crippen LogP) is 9.33. The molecule has 0 spiro atoms. The van der Waals surface area contributed by atoms with Gasteiger partial charge < -0.3 is 23.8 Å². The molecule has 0 saturated carbocycles. The summed E-state index contributed by atoms with van der Waals surface area (Å²) in [4.78, 5) is 17.0. The summed E-state index contributed by atoms with van der Waals surface area (Å²) in [5, 5.41) is 3.05. The molecule has 1 aromatic carbocycles. The normalized spacial score (nSPS) is 12.7. The van der Waals surface area contributed by atoms with E-state index in [0.717, 1.165) is 24.8 Å². The van der Waals surface area contributed by atoms with E-state index in [4.69, 9.17) is 18.5 Å². The van der Waals surface area contributed by atoms with E-state index < -0.39 is 26.4 Å². The fourth-order valence-electron chi connectivity index (χ4n) is 4.66. The van der Waals surface area contributed by atoms with Crippen molar-refractivity contribution in [1.29, 1.82) is 0 Å². The second-order valence-corrected chi connectivity index (χ2v) is 12.9. The Labute approximate surface area is 272 Å². The van der Waals surface area contributed by atoms with Crippen molar-refractivity contribution < 1.29 is 41.1 Å². The average molecular weight is 671 g/mol. The molecule has 0 aliphatic heterocycles. The SMILES string of the molecule is CCCCCCCCCCCC(=O)N[C@@H](C=CP(=O)(OCC)OCC)Cc1ccc(OCc2cc(OCC(F)(F)F)ccn2)cc1. The van der Waals surface area contributed by atoms with Gasteiger partial charge in [-0.25, -0.2) is 0 Å². The van der Waals surface area contributed by atoms with Gasteiger partial charge in [0.25, 0.3) is 0 Å². The minimum absolute atomic E-state index is 0.0347. The van der Waals surface area contributed by atoms with Gasteiger partial charge in [0.15, 0.2) is 6.61 Å². The highest BCUT2D eigenvalue weighted by atomic mass is 31.2. The summed E-state index contributed by atoms with van der Waals surface area (Å²) >= 11 is 0. The van der Waals surface area contributed by atoms with Crippen LogP contribution in [0.4, 0.5) is 13.2 Å². The molecule has 46 heavy (non-hydrogen) atoms. The van der Waals surface area contributed by atoms with E-state index in [1.807, 2.05) is 12.1 Å². The quantitative estimate of drug-likeness (QED) is 0.0878. The lowest BCUT2D eigenvalue weighted by Crippen LogP contribution is -2.34. The number of ether oxygens (including phenoxy) is 2. The van der Waals surface area contributed by atoms with Crippen LogP contribution in [-0.2, 0) is 31.4 Å². The zero-order valence-electron chi connectivity index (χ0n) is 27.4. The van der Waals surface area contributed by atoms with Crippen molar-refractivity contribution in [3.8, 4) is 11.5 Å². The van der Waals surface area contributed by atoms with Gasteiger partial charge >= 0.3 is 13.8 Å². The number of nitrogens with zero attached hydrogens (tertiary/aromatic N) is 1. The van der Waals surface area contributed by atoms with Crippen LogP contribution in [-0.4, -0.2) is 42.9 Å². The lowest BCUT2D eigenvalue weighted by atomic mass is 10.0. The lowest BCUT2D eigenvalue weighted by molar-refractivity contribution is -0.153. The van der Waals surface area contributed by atoms with Gasteiger partial charge in [0, 0.05) is 24.5 Å². The molecule has 12 heteroatoms. The highest BCUT2D eigenvalue weighted by Crippen LogP contribution is 2.49. The summed E-state index contributed by atoms with van der Waals surface area (Å²) in [5.41, 5.74) is 1.31. The topological polar surface area (TPSA) is 96.0 Å². The number of benzene rings is 1. The minimum atomic E-state index is -4.43. The Morgan fingerprint density at radius 1 is 0.891 bits per heavy atom. The van der Waals surface area contributed by atoms with Gasteiger partial charge in [-0.05, 0) is 50.5 Å². The van der Waals surface area contributed by atoms with Crippen LogP contribution in [0.15, 0.2) is 54.5 Å². The molecule has 0 unspecified atom stereocenters. The molecule has 1 atom stereocenters. The first-order valence-corrected chi connectivity index (χ1v) is 17.9. The number of hydrogen-bond donors (Lipinski definition) is 1. The van der Waals surface area contributed by atoms with Gasteiger partial charge in [-0.15, -0.1) is 0 Å². The van der Waals surface area contributed by atoms with Crippen LogP contribution in [0.1, 0.15) is 96.2 Å². The molecular formula is C34H50F3N2O6P. The van der Waals surface area contributed by atoms with E-state index in [2.05, 4.69) is 17.2 Å². The van der Waals surface area contributed by atoms with E-state index >= 15 is 0 Å². The third-order valence-corrected chi connectivity index (χ3v) is 8.70. The van der Waals surface area contributed by atoms with Crippen molar-refractivity contribution in [2.45, 2.75) is 110 Å². The number of carbonyl (C=O) groups is 1. The maximum Gasteiger partial charge on any atom is 0.422 e. The molecule has 2 rings (SSSR count). The van der Waals surface area contributed by atoms with Crippen LogP contribution >= 0.6 is 7.60 Å². The first-order chi connectivity index (χ1) is 22.1. The van der Waals surface area contributed by atoms with E-state index in [1.54, 1.807) is 32.1 Å². The summed E-state index contributed by atoms with van der Waals surface area (Å²) in [5.74, 6) is 1.93. The Bertz CT molecular complexity index is 1200. The van der Waals surface area contributed by atoms with E-state index in [1.165, 1.54) is 62.7 Å². The second-order valence-electron chi connectivity index (χ2n) is 11.0. The lowest BCUT2D eigenvalue weighted by Gasteiger charge is -2.18. The van der Waals surface area contributed by atoms with Crippen LogP contribution in [0.2, 0.25) is 0 Å². The Kier molecular flexibility index (Phi) is 18.6. The third kappa shape index (κ3) is 17.7. The van der Waals surface area contributed by atoms with Crippen molar-refractivity contribution in [2.24, 2.45) is 0 Å². The first-order valence-electron chi connectivity index (χ1n) is 16.3. The molecule has 0 saturated heterocycles. The number of aromatic nitrogens is 1. The highest BCUT2D eigenvalue weighted by Gasteiger charge is 2.28. The maximum atomic E-state index is 13.0. The predicted molar refractivity (Wildman–Crippen MR) is 174 cm³/mol. The maximum absolute atomic E-state index is 13.0. The van der Waals surface area contributed by atoms with Gasteiger partial charge in [-0.3, -0.25) is 14.3 Å². The Morgan fingerprint density at radius 3 is 2.13 bits per heavy atom. The standard InChI is InChI=1S/C34H50F3N2O6P/c1-4-7-8-9-10-11-12-13-14-15-33(40)39-29(21-23-46(41,44-5-2)45-6-3)24-28-16-18-31(19-17-28)42-26-30-25-32(20-22-38-30)43-27-34(35,36)37/h16-23,25,29H,4-15,24,26-27H2,1-3H3,(H,39,40)/t29-/m0/s1. The molecule has 0 radical (unpaired) electrons. The largest absolute Gasteiger partial charge is 0.487 e. The van der Waals surface area contributed by atoms with Crippen molar-refractivity contribution in [2.75, 3.05) is 19.8 Å². The number of amides is 1. The number of nitrogens with one attached hydrogen (secondary N) is 1. The average Bonchev–Trinajstić information content (AvgIpc) is 3.02. The number of unbranched alkanes of at least 4 members (excludes halogenated alkanes) is 8. The number of pyridine rings is 1. The van der Waals surface area contributed by atoms with E-state index in [9.17, 15) is 22.5 Å². The molecule has 1 aromatic heterocycles. The molecule has 1 heterocycles. The van der Waals surface area contributed by atoms with Crippen molar-refractivity contribution in [3.05, 3.63) is 65.7 Å². The van der Waals surface area contributed by atoms with Gasteiger partial charge in [0.2, 0.25) is 5.91 Å². The molecule has 0 aliphatic carbocycles. The molecule has 0 bridgehead atoms. The number of carbonyl (C=O) groups excluding carboxylic acids is 1. The first kappa shape index (κ1) is 39.3. The fourth-order valence-corrected chi connectivity index (χ4v) is 6.04. The molecule has 258 valence electrons. The Balaban J connectivity index is 1.96. The Hall–Kier alpha value is -2.88. The number of alkyl halides is 3. The monoisotopic (exact) mass is 670 g/mol. The van der Waals surface area contributed by atoms with Crippen LogP contribution in [0.5, 0.6) is 11.5 Å². The van der Waals surface area contributed by atoms with Gasteiger partial charge in [-0.1, -0.05) is 76.5 Å². The fraction of sp³-hybridized carbons (Fsp3) is 0.588. The zero-order valence-corrected chi connectivity index (χ0v) is 28.3. The molecular weight excluding hydrogens is 620 g/mol. The smallest absolute Gasteiger partial charge is 0.422 e. The Morgan fingerprint density at radius 2 is 1.52 bits per heavy atom. The van der Waals surface area contributed by atoms with Crippen LogP contribution in [0.25, 0.3) is 0 Å².